The first-order valence-corrected chi connectivity index (χ1v) is 9.92. The molecule has 1 amide bonds. The Bertz CT molecular complexity index is 1040. The number of aliphatic carboxylic acids is 1. The number of carbonyl (C=O) groups is 2. The van der Waals surface area contributed by atoms with Crippen molar-refractivity contribution in [3.63, 3.8) is 0 Å². The van der Waals surface area contributed by atoms with E-state index in [4.69, 9.17) is 9.15 Å². The van der Waals surface area contributed by atoms with Crippen molar-refractivity contribution in [2.45, 2.75) is 32.4 Å². The molecule has 154 valence electrons. The summed E-state index contributed by atoms with van der Waals surface area (Å²) in [5.41, 5.74) is 2.98. The summed E-state index contributed by atoms with van der Waals surface area (Å²) in [6, 6.07) is 18.6. The van der Waals surface area contributed by atoms with Gasteiger partial charge in [0.1, 0.15) is 18.1 Å². The predicted octanol–water partition coefficient (Wildman–Crippen LogP) is 3.19. The summed E-state index contributed by atoms with van der Waals surface area (Å²) in [5, 5.41) is 11.2. The predicted molar refractivity (Wildman–Crippen MR) is 109 cm³/mol. The fourth-order valence-corrected chi connectivity index (χ4v) is 3.70. The monoisotopic (exact) mass is 404 g/mol. The van der Waals surface area contributed by atoms with E-state index in [0.717, 1.165) is 16.7 Å². The van der Waals surface area contributed by atoms with Crippen LogP contribution in [0.5, 0.6) is 5.75 Å². The highest BCUT2D eigenvalue weighted by Crippen LogP contribution is 2.25. The van der Waals surface area contributed by atoms with E-state index < -0.39 is 17.9 Å². The highest BCUT2D eigenvalue weighted by atomic mass is 16.5. The van der Waals surface area contributed by atoms with Crippen LogP contribution in [-0.2, 0) is 11.4 Å². The molecule has 2 heterocycles. The van der Waals surface area contributed by atoms with E-state index in [1.165, 1.54) is 4.90 Å². The Labute approximate surface area is 174 Å². The summed E-state index contributed by atoms with van der Waals surface area (Å²) >= 11 is 0. The van der Waals surface area contributed by atoms with Crippen LogP contribution < -0.4 is 9.84 Å². The molecule has 3 aromatic rings. The quantitative estimate of drug-likeness (QED) is 0.630. The maximum atomic E-state index is 12.7. The minimum Gasteiger partial charge on any atom is -0.548 e. The Balaban J connectivity index is 1.42. The van der Waals surface area contributed by atoms with Crippen molar-refractivity contribution < 1.29 is 23.8 Å². The maximum Gasteiger partial charge on any atom is 0.290 e. The third-order valence-electron chi connectivity index (χ3n) is 5.37. The number of furan rings is 1. The number of rotatable bonds is 6. The molecule has 0 saturated carbocycles. The molecule has 0 radical (unpaired) electrons. The zero-order chi connectivity index (χ0) is 21.1. The van der Waals surface area contributed by atoms with Crippen LogP contribution in [0.3, 0.4) is 0 Å². The summed E-state index contributed by atoms with van der Waals surface area (Å²) in [7, 11) is 0. The third kappa shape index (κ3) is 4.08. The topological polar surface area (TPSA) is 82.8 Å². The molecule has 1 saturated heterocycles. The molecule has 0 unspecified atom stereocenters. The Morgan fingerprint density at radius 2 is 1.80 bits per heavy atom. The fraction of sp³-hybridized carbons (Fsp3) is 0.250. The van der Waals surface area contributed by atoms with Crippen LogP contribution in [0.4, 0.5) is 0 Å². The maximum absolute atomic E-state index is 12.7. The average Bonchev–Trinajstić information content (AvgIpc) is 3.40. The van der Waals surface area contributed by atoms with E-state index in [2.05, 4.69) is 12.1 Å². The van der Waals surface area contributed by atoms with Crippen molar-refractivity contribution in [3.05, 3.63) is 77.7 Å². The van der Waals surface area contributed by atoms with Crippen molar-refractivity contribution >= 4 is 11.9 Å². The van der Waals surface area contributed by atoms with Crippen LogP contribution in [-0.4, -0.2) is 29.4 Å². The van der Waals surface area contributed by atoms with Crippen molar-refractivity contribution in [2.24, 2.45) is 0 Å². The van der Waals surface area contributed by atoms with Crippen LogP contribution >= 0.6 is 0 Å². The van der Waals surface area contributed by atoms with Gasteiger partial charge >= 0.3 is 0 Å². The minimum absolute atomic E-state index is 0.124. The molecule has 2 aromatic carbocycles. The number of amides is 1. The number of likely N-dealkylation sites (tertiary alicyclic amines) is 1. The van der Waals surface area contributed by atoms with E-state index in [-0.39, 0.29) is 12.4 Å². The summed E-state index contributed by atoms with van der Waals surface area (Å²) in [6.45, 7) is 2.39. The second-order valence-corrected chi connectivity index (χ2v) is 7.35. The Hall–Kier alpha value is -3.54. The summed E-state index contributed by atoms with van der Waals surface area (Å²) in [6.07, 6.45) is 1.04. The van der Waals surface area contributed by atoms with Gasteiger partial charge in [-0.05, 0) is 49.1 Å². The van der Waals surface area contributed by atoms with Gasteiger partial charge in [-0.25, -0.2) is 0 Å². The number of hydrogen-bond acceptors (Lipinski definition) is 5. The molecule has 0 bridgehead atoms. The van der Waals surface area contributed by atoms with Crippen molar-refractivity contribution in [1.29, 1.82) is 0 Å². The second kappa shape index (κ2) is 8.45. The number of nitrogens with zero attached hydrogens (tertiary/aromatic N) is 1. The normalized spacial score (nSPS) is 15.9. The third-order valence-corrected chi connectivity index (χ3v) is 5.37. The van der Waals surface area contributed by atoms with E-state index in [1.54, 1.807) is 13.0 Å². The molecular weight excluding hydrogens is 382 g/mol. The van der Waals surface area contributed by atoms with Gasteiger partial charge in [-0.15, -0.1) is 0 Å². The molecule has 1 aromatic heterocycles. The van der Waals surface area contributed by atoms with Gasteiger partial charge in [-0.3, -0.25) is 4.79 Å². The molecule has 6 nitrogen and oxygen atoms in total. The zero-order valence-electron chi connectivity index (χ0n) is 16.7. The lowest BCUT2D eigenvalue weighted by atomic mass is 10.1. The molecule has 1 fully saturated rings. The molecule has 1 aliphatic rings. The molecule has 4 rings (SSSR count). The average molecular weight is 404 g/mol. The summed E-state index contributed by atoms with van der Waals surface area (Å²) < 4.78 is 11.5. The lowest BCUT2D eigenvalue weighted by Crippen LogP contribution is -2.46. The lowest BCUT2D eigenvalue weighted by molar-refractivity contribution is -0.310. The van der Waals surface area contributed by atoms with Gasteiger partial charge in [0.15, 0.2) is 5.76 Å². The minimum atomic E-state index is -1.23. The summed E-state index contributed by atoms with van der Waals surface area (Å²) in [5.74, 6) is -0.253. The molecule has 1 atom stereocenters. The van der Waals surface area contributed by atoms with Crippen LogP contribution in [0.1, 0.15) is 34.7 Å². The van der Waals surface area contributed by atoms with E-state index in [1.807, 2.05) is 42.5 Å². The number of carboxylic acid groups (broad SMARTS) is 1. The first-order valence-electron chi connectivity index (χ1n) is 9.92. The smallest absolute Gasteiger partial charge is 0.290 e. The highest BCUT2D eigenvalue weighted by molar-refractivity contribution is 5.94. The lowest BCUT2D eigenvalue weighted by Gasteiger charge is -2.24. The Morgan fingerprint density at radius 1 is 1.10 bits per heavy atom. The largest absolute Gasteiger partial charge is 0.548 e. The molecule has 6 heteroatoms. The van der Waals surface area contributed by atoms with Crippen LogP contribution in [0.25, 0.3) is 11.1 Å². The molecular formula is C24H22NO5-. The molecule has 0 aliphatic carbocycles. The van der Waals surface area contributed by atoms with Crippen molar-refractivity contribution in [2.75, 3.05) is 6.54 Å². The van der Waals surface area contributed by atoms with Gasteiger partial charge in [0.2, 0.25) is 0 Å². The van der Waals surface area contributed by atoms with Gasteiger partial charge in [-0.2, -0.15) is 0 Å². The van der Waals surface area contributed by atoms with Crippen LogP contribution in [0, 0.1) is 6.92 Å². The zero-order valence-corrected chi connectivity index (χ0v) is 16.7. The first kappa shape index (κ1) is 19.8. The number of benzene rings is 2. The second-order valence-electron chi connectivity index (χ2n) is 7.35. The fourth-order valence-electron chi connectivity index (χ4n) is 3.70. The number of aryl methyl sites for hydroxylation is 1. The molecule has 0 N–H and O–H groups in total. The standard InChI is InChI=1S/C24H23NO5/c1-16-19(14-22(30-16)23(26)25-13-5-8-21(25)24(27)28)15-29-20-11-9-18(10-12-20)17-6-3-2-4-7-17/h2-4,6-7,9-12,14,21H,5,8,13,15H2,1H3,(H,27,28)/p-1/t21-/m1/s1. The molecule has 30 heavy (non-hydrogen) atoms. The number of carbonyl (C=O) groups excluding carboxylic acids is 2. The number of ether oxygens (including phenoxy) is 1. The number of carboxylic acids is 1. The van der Waals surface area contributed by atoms with E-state index in [0.29, 0.717) is 30.9 Å². The molecule has 0 spiro atoms. The van der Waals surface area contributed by atoms with Crippen LogP contribution in [0.2, 0.25) is 0 Å². The molecule has 1 aliphatic heterocycles. The number of hydrogen-bond donors (Lipinski definition) is 0. The SMILES string of the molecule is Cc1oc(C(=O)N2CCC[C@@H]2C(=O)[O-])cc1COc1ccc(-c2ccccc2)cc1. The van der Waals surface area contributed by atoms with Gasteiger partial charge < -0.3 is 24.0 Å². The van der Waals surface area contributed by atoms with Crippen LogP contribution in [0.15, 0.2) is 65.1 Å². The first-order chi connectivity index (χ1) is 14.5. The van der Waals surface area contributed by atoms with Gasteiger partial charge in [0.25, 0.3) is 5.91 Å². The van der Waals surface area contributed by atoms with Crippen molar-refractivity contribution in [1.82, 2.24) is 4.90 Å². The Morgan fingerprint density at radius 3 is 2.50 bits per heavy atom. The highest BCUT2D eigenvalue weighted by Gasteiger charge is 2.32. The van der Waals surface area contributed by atoms with Crippen molar-refractivity contribution in [3.8, 4) is 16.9 Å². The summed E-state index contributed by atoms with van der Waals surface area (Å²) in [4.78, 5) is 25.2. The van der Waals surface area contributed by atoms with E-state index in [9.17, 15) is 14.7 Å². The van der Waals surface area contributed by atoms with E-state index >= 15 is 0 Å². The van der Waals surface area contributed by atoms with Gasteiger partial charge in [-0.1, -0.05) is 42.5 Å². The Kier molecular flexibility index (Phi) is 5.57. The van der Waals surface area contributed by atoms with Gasteiger partial charge in [0.05, 0.1) is 12.0 Å². The van der Waals surface area contributed by atoms with Gasteiger partial charge in [0, 0.05) is 12.1 Å².